The molecular weight excluding hydrogens is 689 g/mol. The third-order valence-electron chi connectivity index (χ3n) is 11.5. The van der Waals surface area contributed by atoms with Gasteiger partial charge in [0.05, 0.1) is 0 Å². The van der Waals surface area contributed by atoms with Crippen molar-refractivity contribution >= 4 is 106 Å². The van der Waals surface area contributed by atoms with E-state index < -0.39 is 0 Å². The lowest BCUT2D eigenvalue weighted by atomic mass is 9.84. The molecule has 12 aromatic rings. The Labute approximate surface area is 319 Å². The van der Waals surface area contributed by atoms with E-state index in [1.54, 1.807) is 0 Å². The van der Waals surface area contributed by atoms with Crippen molar-refractivity contribution in [1.82, 2.24) is 0 Å². The van der Waals surface area contributed by atoms with Gasteiger partial charge in [-0.1, -0.05) is 164 Å². The standard InChI is InChI=1S/C52H30S2/c1-2-14-34-31(12-1)13-11-22-37(34)49-41-20-7-5-18-39(41)48(40-19-6-8-21-42(40)49)33-26-24-32(25-27-33)44-30-47-50(38-17-4-3-15-35(38)44)51-46(53-47)29-28-43-36-16-9-10-23-45(36)54-52(43)51/h1-30H. The zero-order valence-corrected chi connectivity index (χ0v) is 30.8. The summed E-state index contributed by atoms with van der Waals surface area (Å²) in [6.45, 7) is 0. The third-order valence-corrected chi connectivity index (χ3v) is 13.8. The Morgan fingerprint density at radius 3 is 1.59 bits per heavy atom. The van der Waals surface area contributed by atoms with Gasteiger partial charge in [-0.3, -0.25) is 0 Å². The summed E-state index contributed by atoms with van der Waals surface area (Å²) < 4.78 is 5.44. The first-order chi connectivity index (χ1) is 26.8. The van der Waals surface area contributed by atoms with Crippen LogP contribution in [0, 0.1) is 0 Å². The Morgan fingerprint density at radius 1 is 0.278 bits per heavy atom. The van der Waals surface area contributed by atoms with Crippen molar-refractivity contribution < 1.29 is 0 Å². The molecule has 0 bridgehead atoms. The molecule has 10 aromatic carbocycles. The van der Waals surface area contributed by atoms with Crippen LogP contribution in [-0.4, -0.2) is 0 Å². The molecule has 2 heterocycles. The molecule has 12 rings (SSSR count). The molecule has 0 saturated carbocycles. The average molecular weight is 719 g/mol. The van der Waals surface area contributed by atoms with E-state index in [-0.39, 0.29) is 0 Å². The first-order valence-corrected chi connectivity index (χ1v) is 20.1. The molecule has 0 nitrogen and oxygen atoms in total. The van der Waals surface area contributed by atoms with E-state index in [0.29, 0.717) is 0 Å². The van der Waals surface area contributed by atoms with Crippen LogP contribution in [0.5, 0.6) is 0 Å². The second kappa shape index (κ2) is 11.6. The van der Waals surface area contributed by atoms with Crippen molar-refractivity contribution in [1.29, 1.82) is 0 Å². The van der Waals surface area contributed by atoms with Crippen LogP contribution < -0.4 is 0 Å². The molecule has 2 heteroatoms. The quantitative estimate of drug-likeness (QED) is 0.160. The minimum absolute atomic E-state index is 1.23. The van der Waals surface area contributed by atoms with Gasteiger partial charge in [-0.15, -0.1) is 22.7 Å². The number of benzene rings is 10. The van der Waals surface area contributed by atoms with Gasteiger partial charge in [0.1, 0.15) is 0 Å². The molecule has 0 radical (unpaired) electrons. The molecule has 0 amide bonds. The third kappa shape index (κ3) is 4.30. The van der Waals surface area contributed by atoms with Crippen LogP contribution in [0.2, 0.25) is 0 Å². The monoisotopic (exact) mass is 718 g/mol. The lowest BCUT2D eigenvalue weighted by molar-refractivity contribution is 1.65. The van der Waals surface area contributed by atoms with Gasteiger partial charge in [0.25, 0.3) is 0 Å². The number of thiophene rings is 2. The fourth-order valence-corrected chi connectivity index (χ4v) is 11.6. The smallest absolute Gasteiger partial charge is 0.0448 e. The minimum Gasteiger partial charge on any atom is -0.135 e. The van der Waals surface area contributed by atoms with E-state index in [0.717, 1.165) is 0 Å². The highest BCUT2D eigenvalue weighted by molar-refractivity contribution is 7.30. The highest BCUT2D eigenvalue weighted by atomic mass is 32.1. The molecular formula is C52H30S2. The minimum atomic E-state index is 1.23. The van der Waals surface area contributed by atoms with Gasteiger partial charge >= 0.3 is 0 Å². The van der Waals surface area contributed by atoms with Gasteiger partial charge in [-0.25, -0.2) is 0 Å². The molecule has 0 fully saturated rings. The molecule has 0 aliphatic carbocycles. The molecule has 250 valence electrons. The van der Waals surface area contributed by atoms with E-state index in [1.165, 1.54) is 117 Å². The van der Waals surface area contributed by atoms with Gasteiger partial charge in [-0.2, -0.15) is 0 Å². The molecule has 0 saturated heterocycles. The predicted molar refractivity (Wildman–Crippen MR) is 239 cm³/mol. The van der Waals surface area contributed by atoms with Crippen molar-refractivity contribution in [3.8, 4) is 33.4 Å². The van der Waals surface area contributed by atoms with E-state index in [9.17, 15) is 0 Å². The molecule has 0 spiro atoms. The predicted octanol–water partition coefficient (Wildman–Crippen LogP) is 16.0. The summed E-state index contributed by atoms with van der Waals surface area (Å²) in [5.41, 5.74) is 7.62. The molecule has 0 N–H and O–H groups in total. The zero-order chi connectivity index (χ0) is 35.3. The van der Waals surface area contributed by atoms with Crippen molar-refractivity contribution in [2.75, 3.05) is 0 Å². The molecule has 2 aromatic heterocycles. The zero-order valence-electron chi connectivity index (χ0n) is 29.1. The maximum absolute atomic E-state index is 2.44. The number of fused-ring (bicyclic) bond motifs is 12. The SMILES string of the molecule is c1ccc2c(-c3c4ccccc4c(-c4ccc(-c5cc6sc7ccc8c9ccccc9sc8c7c6c6ccccc56)cc4)c4ccccc34)cccc2c1. The Bertz CT molecular complexity index is 3430. The summed E-state index contributed by atoms with van der Waals surface area (Å²) >= 11 is 3.85. The van der Waals surface area contributed by atoms with Crippen molar-refractivity contribution in [3.05, 3.63) is 182 Å². The van der Waals surface area contributed by atoms with Gasteiger partial charge in [-0.05, 0) is 94.7 Å². The van der Waals surface area contributed by atoms with Gasteiger partial charge in [0.15, 0.2) is 0 Å². The first-order valence-electron chi connectivity index (χ1n) is 18.5. The summed E-state index contributed by atoms with van der Waals surface area (Å²) in [5, 5.41) is 15.8. The molecule has 0 aliphatic rings. The summed E-state index contributed by atoms with van der Waals surface area (Å²) in [4.78, 5) is 0. The average Bonchev–Trinajstić information content (AvgIpc) is 3.81. The fourth-order valence-electron chi connectivity index (χ4n) is 9.13. The molecule has 0 aliphatic heterocycles. The second-order valence-electron chi connectivity index (χ2n) is 14.3. The van der Waals surface area contributed by atoms with Gasteiger partial charge in [0, 0.05) is 40.3 Å². The first kappa shape index (κ1) is 30.2. The maximum Gasteiger partial charge on any atom is 0.0448 e. The van der Waals surface area contributed by atoms with Crippen molar-refractivity contribution in [2.24, 2.45) is 0 Å². The van der Waals surface area contributed by atoms with Gasteiger partial charge < -0.3 is 0 Å². The number of rotatable bonds is 3. The largest absolute Gasteiger partial charge is 0.135 e. The van der Waals surface area contributed by atoms with Crippen molar-refractivity contribution in [2.45, 2.75) is 0 Å². The van der Waals surface area contributed by atoms with Crippen LogP contribution in [0.3, 0.4) is 0 Å². The Morgan fingerprint density at radius 2 is 0.852 bits per heavy atom. The lowest BCUT2D eigenvalue weighted by Crippen LogP contribution is -1.91. The van der Waals surface area contributed by atoms with Crippen LogP contribution in [-0.2, 0) is 0 Å². The highest BCUT2D eigenvalue weighted by Crippen LogP contribution is 2.49. The fraction of sp³-hybridized carbons (Fsp3) is 0. The van der Waals surface area contributed by atoms with Gasteiger partial charge in [0.2, 0.25) is 0 Å². The van der Waals surface area contributed by atoms with Crippen LogP contribution in [0.15, 0.2) is 182 Å². The maximum atomic E-state index is 2.44. The van der Waals surface area contributed by atoms with Crippen LogP contribution >= 0.6 is 22.7 Å². The van der Waals surface area contributed by atoms with E-state index >= 15 is 0 Å². The normalized spacial score (nSPS) is 12.1. The summed E-state index contributed by atoms with van der Waals surface area (Å²) in [6.07, 6.45) is 0. The number of hydrogen-bond acceptors (Lipinski definition) is 2. The Balaban J connectivity index is 1.06. The van der Waals surface area contributed by atoms with E-state index in [2.05, 4.69) is 182 Å². The molecule has 0 atom stereocenters. The van der Waals surface area contributed by atoms with Crippen LogP contribution in [0.4, 0.5) is 0 Å². The highest BCUT2D eigenvalue weighted by Gasteiger charge is 2.20. The Kier molecular flexibility index (Phi) is 6.48. The molecule has 54 heavy (non-hydrogen) atoms. The lowest BCUT2D eigenvalue weighted by Gasteiger charge is -2.19. The Hall–Kier alpha value is -6.32. The second-order valence-corrected chi connectivity index (χ2v) is 16.4. The summed E-state index contributed by atoms with van der Waals surface area (Å²) in [5.74, 6) is 0. The van der Waals surface area contributed by atoms with Crippen molar-refractivity contribution in [3.63, 3.8) is 0 Å². The molecule has 0 unspecified atom stereocenters. The topological polar surface area (TPSA) is 0 Å². The van der Waals surface area contributed by atoms with E-state index in [1.807, 2.05) is 22.7 Å². The summed E-state index contributed by atoms with van der Waals surface area (Å²) in [6, 6.07) is 67.7. The van der Waals surface area contributed by atoms with Crippen LogP contribution in [0.25, 0.3) is 117 Å². The van der Waals surface area contributed by atoms with Crippen LogP contribution in [0.1, 0.15) is 0 Å². The number of hydrogen-bond donors (Lipinski definition) is 0. The van der Waals surface area contributed by atoms with E-state index in [4.69, 9.17) is 0 Å². The summed E-state index contributed by atoms with van der Waals surface area (Å²) in [7, 11) is 0.